The van der Waals surface area contributed by atoms with Crippen LogP contribution < -0.4 is 9.47 Å². The predicted octanol–water partition coefficient (Wildman–Crippen LogP) is 5.87. The lowest BCUT2D eigenvalue weighted by Crippen LogP contribution is -1.98. The highest BCUT2D eigenvalue weighted by molar-refractivity contribution is 5.89. The van der Waals surface area contributed by atoms with E-state index < -0.39 is 0 Å². The van der Waals surface area contributed by atoms with Crippen molar-refractivity contribution >= 4 is 22.7 Å². The standard InChI is InChI=1S/C24H19NO3/c1-27-23-13-12-22(28-24(26)18-7-3-4-8-18)15-20(23)16-25-21-11-10-17-6-2-5-9-19(17)14-21/h2-16,26H,1H3. The van der Waals surface area contributed by atoms with Crippen LogP contribution in [0, 0.1) is 0 Å². The molecule has 1 aliphatic rings. The highest BCUT2D eigenvalue weighted by atomic mass is 16.6. The van der Waals surface area contributed by atoms with Crippen LogP contribution in [0.4, 0.5) is 5.69 Å². The fourth-order valence-electron chi connectivity index (χ4n) is 2.97. The van der Waals surface area contributed by atoms with Gasteiger partial charge in [0.2, 0.25) is 0 Å². The topological polar surface area (TPSA) is 51.0 Å². The van der Waals surface area contributed by atoms with Gasteiger partial charge in [-0.3, -0.25) is 4.99 Å². The van der Waals surface area contributed by atoms with Gasteiger partial charge in [-0.2, -0.15) is 0 Å². The van der Waals surface area contributed by atoms with E-state index in [-0.39, 0.29) is 5.95 Å². The second-order valence-corrected chi connectivity index (χ2v) is 6.27. The summed E-state index contributed by atoms with van der Waals surface area (Å²) in [6.45, 7) is 0. The molecule has 0 saturated carbocycles. The first-order valence-electron chi connectivity index (χ1n) is 8.90. The van der Waals surface area contributed by atoms with Crippen LogP contribution >= 0.6 is 0 Å². The summed E-state index contributed by atoms with van der Waals surface area (Å²) >= 11 is 0. The van der Waals surface area contributed by atoms with Gasteiger partial charge in [-0.05, 0) is 53.3 Å². The van der Waals surface area contributed by atoms with Crippen LogP contribution in [0.25, 0.3) is 10.8 Å². The fourth-order valence-corrected chi connectivity index (χ4v) is 2.97. The number of aliphatic imine (C=N–C) groups is 1. The molecule has 0 fully saturated rings. The molecule has 3 aromatic rings. The summed E-state index contributed by atoms with van der Waals surface area (Å²) in [5, 5.41) is 12.4. The first-order chi connectivity index (χ1) is 13.7. The van der Waals surface area contributed by atoms with Crippen molar-refractivity contribution in [1.82, 2.24) is 0 Å². The number of methoxy groups -OCH3 is 1. The summed E-state index contributed by atoms with van der Waals surface area (Å²) in [5.41, 5.74) is 2.23. The maximum Gasteiger partial charge on any atom is 0.289 e. The monoisotopic (exact) mass is 369 g/mol. The number of hydrogen-bond acceptors (Lipinski definition) is 4. The Kier molecular flexibility index (Phi) is 4.93. The molecule has 0 aliphatic heterocycles. The van der Waals surface area contributed by atoms with E-state index in [1.807, 2.05) is 42.5 Å². The molecule has 0 aromatic heterocycles. The van der Waals surface area contributed by atoms with Gasteiger partial charge in [0.1, 0.15) is 11.5 Å². The van der Waals surface area contributed by atoms with Crippen LogP contribution in [0.2, 0.25) is 0 Å². The summed E-state index contributed by atoms with van der Waals surface area (Å²) in [6, 6.07) is 19.5. The van der Waals surface area contributed by atoms with Gasteiger partial charge in [0, 0.05) is 11.8 Å². The Morgan fingerprint density at radius 3 is 2.50 bits per heavy atom. The third-order valence-electron chi connectivity index (χ3n) is 4.41. The van der Waals surface area contributed by atoms with Crippen LogP contribution in [0.3, 0.4) is 0 Å². The normalized spacial score (nSPS) is 12.8. The number of aliphatic hydroxyl groups is 1. The van der Waals surface area contributed by atoms with Crippen LogP contribution in [-0.2, 0) is 0 Å². The quantitative estimate of drug-likeness (QED) is 0.452. The molecular formula is C24H19NO3. The molecule has 28 heavy (non-hydrogen) atoms. The summed E-state index contributed by atoms with van der Waals surface area (Å²) in [7, 11) is 1.61. The molecule has 0 atom stereocenters. The largest absolute Gasteiger partial charge is 0.496 e. The van der Waals surface area contributed by atoms with Gasteiger partial charge < -0.3 is 14.6 Å². The molecule has 1 aliphatic carbocycles. The van der Waals surface area contributed by atoms with E-state index in [1.54, 1.807) is 43.7 Å². The molecular weight excluding hydrogens is 350 g/mol. The van der Waals surface area contributed by atoms with Gasteiger partial charge in [-0.15, -0.1) is 0 Å². The third-order valence-corrected chi connectivity index (χ3v) is 4.41. The lowest BCUT2D eigenvalue weighted by atomic mass is 10.1. The van der Waals surface area contributed by atoms with Crippen molar-refractivity contribution in [3.63, 3.8) is 0 Å². The van der Waals surface area contributed by atoms with Crippen molar-refractivity contribution in [3.05, 3.63) is 102 Å². The van der Waals surface area contributed by atoms with Gasteiger partial charge in [-0.1, -0.05) is 42.5 Å². The summed E-state index contributed by atoms with van der Waals surface area (Å²) < 4.78 is 11.0. The van der Waals surface area contributed by atoms with Crippen molar-refractivity contribution in [2.75, 3.05) is 7.11 Å². The first-order valence-corrected chi connectivity index (χ1v) is 8.90. The number of hydrogen-bond donors (Lipinski definition) is 1. The Balaban J connectivity index is 1.61. The summed E-state index contributed by atoms with van der Waals surface area (Å²) in [6.07, 6.45) is 8.96. The smallest absolute Gasteiger partial charge is 0.289 e. The minimum atomic E-state index is -0.146. The maximum absolute atomic E-state index is 10.1. The van der Waals surface area contributed by atoms with Crippen LogP contribution in [0.1, 0.15) is 5.56 Å². The zero-order valence-electron chi connectivity index (χ0n) is 15.4. The molecule has 0 radical (unpaired) electrons. The minimum Gasteiger partial charge on any atom is -0.496 e. The average molecular weight is 369 g/mol. The summed E-state index contributed by atoms with van der Waals surface area (Å²) in [4.78, 5) is 4.58. The molecule has 0 saturated heterocycles. The fraction of sp³-hybridized carbons (Fsp3) is 0.0417. The van der Waals surface area contributed by atoms with Gasteiger partial charge in [0.05, 0.1) is 18.4 Å². The molecule has 0 amide bonds. The molecule has 0 bridgehead atoms. The molecule has 4 rings (SSSR count). The lowest BCUT2D eigenvalue weighted by molar-refractivity contribution is 0.205. The second kappa shape index (κ2) is 7.84. The van der Waals surface area contributed by atoms with E-state index in [0.717, 1.165) is 16.6 Å². The van der Waals surface area contributed by atoms with Crippen LogP contribution in [0.5, 0.6) is 11.5 Å². The van der Waals surface area contributed by atoms with Crippen molar-refractivity contribution in [1.29, 1.82) is 0 Å². The Labute approximate surface area is 163 Å². The van der Waals surface area contributed by atoms with E-state index in [1.165, 1.54) is 5.39 Å². The predicted molar refractivity (Wildman–Crippen MR) is 113 cm³/mol. The van der Waals surface area contributed by atoms with Crippen LogP contribution in [0.15, 0.2) is 101 Å². The van der Waals surface area contributed by atoms with E-state index in [9.17, 15) is 5.11 Å². The summed E-state index contributed by atoms with van der Waals surface area (Å²) in [5.74, 6) is 1.02. The SMILES string of the molecule is COc1ccc(OC(O)=C2C=CC=C2)cc1C=Nc1ccc2ccccc2c1. The van der Waals surface area contributed by atoms with Crippen molar-refractivity contribution in [2.45, 2.75) is 0 Å². The van der Waals surface area contributed by atoms with Gasteiger partial charge in [0.15, 0.2) is 0 Å². The van der Waals surface area contributed by atoms with Crippen molar-refractivity contribution in [3.8, 4) is 11.5 Å². The van der Waals surface area contributed by atoms with Crippen LogP contribution in [-0.4, -0.2) is 18.4 Å². The third kappa shape index (κ3) is 3.81. The number of ether oxygens (including phenoxy) is 2. The molecule has 4 nitrogen and oxygen atoms in total. The molecule has 0 unspecified atom stereocenters. The van der Waals surface area contributed by atoms with E-state index in [2.05, 4.69) is 17.1 Å². The number of nitrogens with zero attached hydrogens (tertiary/aromatic N) is 1. The minimum absolute atomic E-state index is 0.146. The maximum atomic E-state index is 10.1. The van der Waals surface area contributed by atoms with Gasteiger partial charge >= 0.3 is 0 Å². The Morgan fingerprint density at radius 2 is 1.71 bits per heavy atom. The molecule has 0 heterocycles. The first kappa shape index (κ1) is 17.6. The highest BCUT2D eigenvalue weighted by Crippen LogP contribution is 2.26. The Hall–Kier alpha value is -3.79. The van der Waals surface area contributed by atoms with Crippen molar-refractivity contribution in [2.24, 2.45) is 4.99 Å². The number of aliphatic hydroxyl groups excluding tert-OH is 1. The van der Waals surface area contributed by atoms with Gasteiger partial charge in [-0.25, -0.2) is 0 Å². The number of rotatable bonds is 5. The zero-order valence-corrected chi connectivity index (χ0v) is 15.4. The van der Waals surface area contributed by atoms with Crippen molar-refractivity contribution < 1.29 is 14.6 Å². The Morgan fingerprint density at radius 1 is 0.929 bits per heavy atom. The van der Waals surface area contributed by atoms with E-state index in [0.29, 0.717) is 17.1 Å². The molecule has 1 N–H and O–H groups in total. The molecule has 4 heteroatoms. The lowest BCUT2D eigenvalue weighted by Gasteiger charge is -2.09. The van der Waals surface area contributed by atoms with E-state index >= 15 is 0 Å². The van der Waals surface area contributed by atoms with Gasteiger partial charge in [0.25, 0.3) is 5.95 Å². The Bertz CT molecular complexity index is 1130. The number of allylic oxidation sites excluding steroid dienone is 5. The molecule has 0 spiro atoms. The number of benzene rings is 3. The highest BCUT2D eigenvalue weighted by Gasteiger charge is 2.08. The second-order valence-electron chi connectivity index (χ2n) is 6.27. The zero-order chi connectivity index (χ0) is 19.3. The average Bonchev–Trinajstić information content (AvgIpc) is 3.27. The molecule has 138 valence electrons. The molecule has 3 aromatic carbocycles. The number of fused-ring (bicyclic) bond motifs is 1. The van der Waals surface area contributed by atoms with E-state index in [4.69, 9.17) is 9.47 Å².